The Morgan fingerprint density at radius 3 is 2.63 bits per heavy atom. The molecule has 2 unspecified atom stereocenters. The number of hydrogen-bond acceptors (Lipinski definition) is 2. The van der Waals surface area contributed by atoms with E-state index in [0.717, 1.165) is 6.42 Å². The molecule has 0 aliphatic rings. The molecule has 2 atom stereocenters. The smallest absolute Gasteiger partial charge is 0.126 e. The van der Waals surface area contributed by atoms with Crippen molar-refractivity contribution in [1.29, 1.82) is 0 Å². The molecule has 1 aromatic carbocycles. The van der Waals surface area contributed by atoms with Crippen molar-refractivity contribution in [2.24, 2.45) is 0 Å². The van der Waals surface area contributed by atoms with E-state index in [1.807, 2.05) is 14.0 Å². The fraction of sp³-hybridized carbons (Fsp3) is 0.600. The summed E-state index contributed by atoms with van der Waals surface area (Å²) in [5.74, 6) is -0.223. The van der Waals surface area contributed by atoms with E-state index in [1.165, 1.54) is 6.07 Å². The van der Waals surface area contributed by atoms with Gasteiger partial charge in [-0.25, -0.2) is 4.39 Å². The van der Waals surface area contributed by atoms with Crippen LogP contribution in [0.3, 0.4) is 0 Å². The van der Waals surface area contributed by atoms with Gasteiger partial charge in [0.2, 0.25) is 0 Å². The van der Waals surface area contributed by atoms with Crippen molar-refractivity contribution in [3.8, 4) is 0 Å². The summed E-state index contributed by atoms with van der Waals surface area (Å²) in [6.45, 7) is 6.75. The quantitative estimate of drug-likeness (QED) is 0.823. The van der Waals surface area contributed by atoms with Gasteiger partial charge in [0.05, 0.1) is 5.60 Å². The molecule has 0 aliphatic carbocycles. The van der Waals surface area contributed by atoms with Gasteiger partial charge in [-0.15, -0.1) is 0 Å². The molecule has 2 nitrogen and oxygen atoms in total. The highest BCUT2D eigenvalue weighted by molar-refractivity contribution is 6.30. The average molecular weight is 288 g/mol. The Morgan fingerprint density at radius 2 is 2.11 bits per heavy atom. The van der Waals surface area contributed by atoms with Crippen molar-refractivity contribution in [2.45, 2.75) is 45.3 Å². The van der Waals surface area contributed by atoms with Crippen LogP contribution in [0.5, 0.6) is 0 Å². The first-order valence-electron chi connectivity index (χ1n) is 6.72. The summed E-state index contributed by atoms with van der Waals surface area (Å²) in [6.07, 6.45) is 1.40. The summed E-state index contributed by atoms with van der Waals surface area (Å²) < 4.78 is 19.7. The third-order valence-electron chi connectivity index (χ3n) is 3.69. The van der Waals surface area contributed by atoms with Crippen LogP contribution in [0.25, 0.3) is 0 Å². The minimum Gasteiger partial charge on any atom is -0.374 e. The predicted octanol–water partition coefficient (Wildman–Crippen LogP) is 3.81. The maximum Gasteiger partial charge on any atom is 0.126 e. The molecule has 4 heteroatoms. The summed E-state index contributed by atoms with van der Waals surface area (Å²) in [5.41, 5.74) is 0.296. The van der Waals surface area contributed by atoms with Gasteiger partial charge < -0.3 is 10.1 Å². The van der Waals surface area contributed by atoms with Gasteiger partial charge in [-0.05, 0) is 57.5 Å². The fourth-order valence-electron chi connectivity index (χ4n) is 2.32. The molecule has 0 aromatic heterocycles. The van der Waals surface area contributed by atoms with Crippen molar-refractivity contribution in [1.82, 2.24) is 5.32 Å². The topological polar surface area (TPSA) is 21.3 Å². The monoisotopic (exact) mass is 287 g/mol. The van der Waals surface area contributed by atoms with E-state index in [1.54, 1.807) is 12.1 Å². The first-order valence-corrected chi connectivity index (χ1v) is 7.09. The fourth-order valence-corrected chi connectivity index (χ4v) is 2.52. The molecule has 19 heavy (non-hydrogen) atoms. The maximum atomic E-state index is 13.8. The Hall–Kier alpha value is -0.640. The highest BCUT2D eigenvalue weighted by atomic mass is 35.5. The van der Waals surface area contributed by atoms with E-state index in [4.69, 9.17) is 16.3 Å². The summed E-state index contributed by atoms with van der Waals surface area (Å²) in [4.78, 5) is 0. The first-order chi connectivity index (χ1) is 8.96. The molecule has 0 fully saturated rings. The highest BCUT2D eigenvalue weighted by Crippen LogP contribution is 2.25. The summed E-state index contributed by atoms with van der Waals surface area (Å²) in [5, 5.41) is 3.80. The van der Waals surface area contributed by atoms with Gasteiger partial charge in [-0.3, -0.25) is 0 Å². The Kier molecular flexibility index (Phi) is 6.24. The summed E-state index contributed by atoms with van der Waals surface area (Å²) >= 11 is 5.93. The lowest BCUT2D eigenvalue weighted by atomic mass is 9.88. The second kappa shape index (κ2) is 7.22. The number of nitrogens with one attached hydrogen (secondary N) is 1. The zero-order chi connectivity index (χ0) is 14.5. The van der Waals surface area contributed by atoms with Crippen LogP contribution in [0.2, 0.25) is 5.02 Å². The third-order valence-corrected chi connectivity index (χ3v) is 3.93. The van der Waals surface area contributed by atoms with Crippen molar-refractivity contribution in [3.05, 3.63) is 34.6 Å². The second-order valence-electron chi connectivity index (χ2n) is 4.88. The molecule has 0 amide bonds. The number of ether oxygens (including phenoxy) is 1. The molecule has 0 saturated heterocycles. The zero-order valence-corrected chi connectivity index (χ0v) is 12.9. The van der Waals surface area contributed by atoms with Gasteiger partial charge in [0.15, 0.2) is 0 Å². The van der Waals surface area contributed by atoms with Crippen LogP contribution >= 0.6 is 11.6 Å². The number of halogens is 2. The number of rotatable bonds is 7. The lowest BCUT2D eigenvalue weighted by Gasteiger charge is -2.37. The van der Waals surface area contributed by atoms with Crippen molar-refractivity contribution >= 4 is 11.6 Å². The molecule has 0 spiro atoms. The van der Waals surface area contributed by atoms with Crippen LogP contribution < -0.4 is 5.32 Å². The van der Waals surface area contributed by atoms with Crippen LogP contribution in [0.15, 0.2) is 18.2 Å². The van der Waals surface area contributed by atoms with Gasteiger partial charge in [0.1, 0.15) is 5.82 Å². The Labute approximate surface area is 120 Å². The van der Waals surface area contributed by atoms with Crippen LogP contribution in [0.4, 0.5) is 4.39 Å². The van der Waals surface area contributed by atoms with Gasteiger partial charge >= 0.3 is 0 Å². The molecule has 0 radical (unpaired) electrons. The maximum absolute atomic E-state index is 13.8. The standard InChI is InChI=1S/C15H23ClFNO/c1-5-15(3,19-6-2)14(18-4)10-11-9-12(16)7-8-13(11)17/h7-9,14,18H,5-6,10H2,1-4H3. The number of hydrogen-bond donors (Lipinski definition) is 1. The zero-order valence-electron chi connectivity index (χ0n) is 12.1. The van der Waals surface area contributed by atoms with Gasteiger partial charge in [-0.2, -0.15) is 0 Å². The molecule has 0 saturated carbocycles. The van der Waals surface area contributed by atoms with E-state index in [2.05, 4.69) is 19.2 Å². The number of likely N-dealkylation sites (N-methyl/N-ethyl adjacent to an activating group) is 1. The SMILES string of the molecule is CCOC(C)(CC)C(Cc1cc(Cl)ccc1F)NC. The molecule has 0 heterocycles. The summed E-state index contributed by atoms with van der Waals surface area (Å²) in [6, 6.07) is 4.69. The Morgan fingerprint density at radius 1 is 1.42 bits per heavy atom. The van der Waals surface area contributed by atoms with Crippen LogP contribution in [0.1, 0.15) is 32.8 Å². The lowest BCUT2D eigenvalue weighted by Crippen LogP contribution is -2.50. The molecule has 1 rings (SSSR count). The minimum absolute atomic E-state index is 0.0328. The van der Waals surface area contributed by atoms with Crippen LogP contribution in [0, 0.1) is 5.82 Å². The first kappa shape index (κ1) is 16.4. The van der Waals surface area contributed by atoms with Crippen molar-refractivity contribution in [2.75, 3.05) is 13.7 Å². The molecule has 1 N–H and O–H groups in total. The van der Waals surface area contributed by atoms with Crippen molar-refractivity contribution in [3.63, 3.8) is 0 Å². The van der Waals surface area contributed by atoms with E-state index >= 15 is 0 Å². The predicted molar refractivity (Wildman–Crippen MR) is 78.3 cm³/mol. The Bertz CT molecular complexity index is 413. The summed E-state index contributed by atoms with van der Waals surface area (Å²) in [7, 11) is 1.88. The molecular formula is C15H23ClFNO. The van der Waals surface area contributed by atoms with Gasteiger partial charge in [0.25, 0.3) is 0 Å². The average Bonchev–Trinajstić information content (AvgIpc) is 2.39. The van der Waals surface area contributed by atoms with E-state index in [-0.39, 0.29) is 17.5 Å². The lowest BCUT2D eigenvalue weighted by molar-refractivity contribution is -0.0535. The van der Waals surface area contributed by atoms with Crippen molar-refractivity contribution < 1.29 is 9.13 Å². The van der Waals surface area contributed by atoms with E-state index < -0.39 is 0 Å². The van der Waals surface area contributed by atoms with E-state index in [9.17, 15) is 4.39 Å². The Balaban J connectivity index is 2.95. The van der Waals surface area contributed by atoms with Crippen LogP contribution in [-0.4, -0.2) is 25.3 Å². The van der Waals surface area contributed by atoms with Gasteiger partial charge in [-0.1, -0.05) is 18.5 Å². The largest absolute Gasteiger partial charge is 0.374 e. The molecular weight excluding hydrogens is 265 g/mol. The van der Waals surface area contributed by atoms with Crippen LogP contribution in [-0.2, 0) is 11.2 Å². The minimum atomic E-state index is -0.321. The second-order valence-corrected chi connectivity index (χ2v) is 5.32. The third kappa shape index (κ3) is 4.16. The highest BCUT2D eigenvalue weighted by Gasteiger charge is 2.32. The molecule has 108 valence electrons. The van der Waals surface area contributed by atoms with E-state index in [0.29, 0.717) is 23.6 Å². The molecule has 0 bridgehead atoms. The normalized spacial score (nSPS) is 16.1. The number of benzene rings is 1. The molecule has 1 aromatic rings. The molecule has 0 aliphatic heterocycles. The van der Waals surface area contributed by atoms with Gasteiger partial charge in [0, 0.05) is 17.7 Å².